The zero-order valence-electron chi connectivity index (χ0n) is 6.14. The third kappa shape index (κ3) is 2.34. The van der Waals surface area contributed by atoms with Crippen LogP contribution in [-0.4, -0.2) is 44.2 Å². The molecular weight excluding hydrogens is 126 g/mol. The van der Waals surface area contributed by atoms with Crippen molar-refractivity contribution in [1.29, 1.82) is 0 Å². The highest BCUT2D eigenvalue weighted by Gasteiger charge is 2.08. The standard InChI is InChI=1S/C7H13N3/c1-8-2-5-10-6-3-9-4-7-10/h9H,2-7H2. The van der Waals surface area contributed by atoms with Crippen molar-refractivity contribution in [2.24, 2.45) is 0 Å². The average molecular weight is 139 g/mol. The molecule has 0 unspecified atom stereocenters. The van der Waals surface area contributed by atoms with E-state index in [4.69, 9.17) is 6.57 Å². The van der Waals surface area contributed by atoms with Crippen molar-refractivity contribution >= 4 is 0 Å². The summed E-state index contributed by atoms with van der Waals surface area (Å²) < 4.78 is 0. The highest BCUT2D eigenvalue weighted by molar-refractivity contribution is 4.71. The van der Waals surface area contributed by atoms with Crippen molar-refractivity contribution in [3.05, 3.63) is 11.4 Å². The molecule has 0 aromatic heterocycles. The van der Waals surface area contributed by atoms with E-state index in [1.807, 2.05) is 0 Å². The van der Waals surface area contributed by atoms with Crippen LogP contribution in [0.4, 0.5) is 0 Å². The van der Waals surface area contributed by atoms with Crippen LogP contribution in [0.2, 0.25) is 0 Å². The van der Waals surface area contributed by atoms with Crippen LogP contribution in [0.25, 0.3) is 4.85 Å². The van der Waals surface area contributed by atoms with Gasteiger partial charge < -0.3 is 10.2 Å². The maximum absolute atomic E-state index is 6.60. The molecule has 1 aliphatic heterocycles. The Kier molecular flexibility index (Phi) is 3.20. The lowest BCUT2D eigenvalue weighted by molar-refractivity contribution is 0.251. The molecule has 0 aromatic carbocycles. The molecule has 0 saturated carbocycles. The van der Waals surface area contributed by atoms with E-state index in [9.17, 15) is 0 Å². The predicted molar refractivity (Wildman–Crippen MR) is 40.8 cm³/mol. The third-order valence-corrected chi connectivity index (χ3v) is 1.74. The monoisotopic (exact) mass is 139 g/mol. The molecule has 0 atom stereocenters. The smallest absolute Gasteiger partial charge is 0.227 e. The van der Waals surface area contributed by atoms with Gasteiger partial charge in [-0.1, -0.05) is 0 Å². The Labute approximate surface area is 61.8 Å². The minimum atomic E-state index is 0.653. The molecular formula is C7H13N3. The Morgan fingerprint density at radius 3 is 2.70 bits per heavy atom. The molecule has 0 amide bonds. The van der Waals surface area contributed by atoms with Gasteiger partial charge >= 0.3 is 0 Å². The van der Waals surface area contributed by atoms with E-state index in [2.05, 4.69) is 15.1 Å². The summed E-state index contributed by atoms with van der Waals surface area (Å²) in [5.74, 6) is 0. The normalized spacial score (nSPS) is 20.3. The number of nitrogens with zero attached hydrogens (tertiary/aromatic N) is 2. The number of hydrogen-bond donors (Lipinski definition) is 1. The summed E-state index contributed by atoms with van der Waals surface area (Å²) in [6.45, 7) is 12.6. The fraction of sp³-hybridized carbons (Fsp3) is 0.857. The molecule has 0 aromatic rings. The molecule has 1 aliphatic rings. The van der Waals surface area contributed by atoms with Gasteiger partial charge in [0.15, 0.2) is 0 Å². The van der Waals surface area contributed by atoms with Crippen molar-refractivity contribution in [2.45, 2.75) is 0 Å². The van der Waals surface area contributed by atoms with E-state index in [1.54, 1.807) is 0 Å². The summed E-state index contributed by atoms with van der Waals surface area (Å²) in [7, 11) is 0. The summed E-state index contributed by atoms with van der Waals surface area (Å²) >= 11 is 0. The highest BCUT2D eigenvalue weighted by Crippen LogP contribution is 1.90. The summed E-state index contributed by atoms with van der Waals surface area (Å²) in [5.41, 5.74) is 0. The zero-order valence-corrected chi connectivity index (χ0v) is 6.14. The van der Waals surface area contributed by atoms with E-state index >= 15 is 0 Å². The first-order valence-electron chi connectivity index (χ1n) is 3.70. The van der Waals surface area contributed by atoms with Crippen LogP contribution in [0.15, 0.2) is 0 Å². The maximum Gasteiger partial charge on any atom is 0.227 e. The minimum Gasteiger partial charge on any atom is -0.316 e. The molecule has 0 bridgehead atoms. The topological polar surface area (TPSA) is 19.6 Å². The average Bonchev–Trinajstić information content (AvgIpc) is 2.03. The van der Waals surface area contributed by atoms with Gasteiger partial charge in [0.25, 0.3) is 0 Å². The van der Waals surface area contributed by atoms with Crippen LogP contribution in [0.5, 0.6) is 0 Å². The van der Waals surface area contributed by atoms with Gasteiger partial charge in [0.2, 0.25) is 6.54 Å². The number of hydrogen-bond acceptors (Lipinski definition) is 2. The molecule has 56 valence electrons. The third-order valence-electron chi connectivity index (χ3n) is 1.74. The second-order valence-electron chi connectivity index (χ2n) is 2.47. The maximum atomic E-state index is 6.60. The molecule has 0 radical (unpaired) electrons. The lowest BCUT2D eigenvalue weighted by Crippen LogP contribution is -2.44. The van der Waals surface area contributed by atoms with E-state index in [0.29, 0.717) is 6.54 Å². The quantitative estimate of drug-likeness (QED) is 0.535. The first kappa shape index (κ1) is 7.52. The Bertz CT molecular complexity index is 121. The summed E-state index contributed by atoms with van der Waals surface area (Å²) in [4.78, 5) is 5.65. The van der Waals surface area contributed by atoms with E-state index in [1.165, 1.54) is 0 Å². The van der Waals surface area contributed by atoms with Crippen LogP contribution >= 0.6 is 0 Å². The van der Waals surface area contributed by atoms with Crippen molar-refractivity contribution < 1.29 is 0 Å². The largest absolute Gasteiger partial charge is 0.316 e. The molecule has 10 heavy (non-hydrogen) atoms. The predicted octanol–water partition coefficient (Wildman–Crippen LogP) is -0.189. The number of piperazine rings is 1. The van der Waals surface area contributed by atoms with E-state index in [-0.39, 0.29) is 0 Å². The Morgan fingerprint density at radius 1 is 1.40 bits per heavy atom. The van der Waals surface area contributed by atoms with Gasteiger partial charge in [-0.15, -0.1) is 0 Å². The van der Waals surface area contributed by atoms with E-state index in [0.717, 1.165) is 32.7 Å². The van der Waals surface area contributed by atoms with Gasteiger partial charge in [0, 0.05) is 26.2 Å². The van der Waals surface area contributed by atoms with Crippen molar-refractivity contribution in [2.75, 3.05) is 39.3 Å². The SMILES string of the molecule is [C-]#[N+]CCN1CCNCC1. The van der Waals surface area contributed by atoms with Crippen LogP contribution < -0.4 is 5.32 Å². The van der Waals surface area contributed by atoms with Gasteiger partial charge in [-0.25, -0.2) is 6.57 Å². The van der Waals surface area contributed by atoms with Gasteiger partial charge in [-0.05, 0) is 0 Å². The zero-order chi connectivity index (χ0) is 7.23. The van der Waals surface area contributed by atoms with Crippen molar-refractivity contribution in [3.63, 3.8) is 0 Å². The first-order valence-corrected chi connectivity index (χ1v) is 3.70. The molecule has 3 heteroatoms. The molecule has 1 rings (SSSR count). The van der Waals surface area contributed by atoms with Crippen molar-refractivity contribution in [1.82, 2.24) is 10.2 Å². The van der Waals surface area contributed by atoms with Gasteiger partial charge in [0.05, 0.1) is 6.54 Å². The lowest BCUT2D eigenvalue weighted by Gasteiger charge is -2.24. The summed E-state index contributed by atoms with van der Waals surface area (Å²) in [6, 6.07) is 0. The molecule has 3 nitrogen and oxygen atoms in total. The summed E-state index contributed by atoms with van der Waals surface area (Å²) in [6.07, 6.45) is 0. The lowest BCUT2D eigenvalue weighted by atomic mass is 10.3. The molecule has 1 fully saturated rings. The molecule has 0 aliphatic carbocycles. The van der Waals surface area contributed by atoms with E-state index < -0.39 is 0 Å². The van der Waals surface area contributed by atoms with Crippen LogP contribution in [-0.2, 0) is 0 Å². The Morgan fingerprint density at radius 2 is 2.10 bits per heavy atom. The molecule has 0 spiro atoms. The Balaban J connectivity index is 2.09. The summed E-state index contributed by atoms with van der Waals surface area (Å²) in [5, 5.41) is 3.27. The highest BCUT2D eigenvalue weighted by atomic mass is 15.2. The number of rotatable bonds is 2. The van der Waals surface area contributed by atoms with Gasteiger partial charge in [-0.2, -0.15) is 0 Å². The number of nitrogens with one attached hydrogen (secondary N) is 1. The fourth-order valence-corrected chi connectivity index (χ4v) is 1.13. The van der Waals surface area contributed by atoms with Crippen LogP contribution in [0, 0.1) is 6.57 Å². The van der Waals surface area contributed by atoms with Gasteiger partial charge in [0.1, 0.15) is 0 Å². The van der Waals surface area contributed by atoms with Crippen LogP contribution in [0.1, 0.15) is 0 Å². The van der Waals surface area contributed by atoms with Crippen molar-refractivity contribution in [3.8, 4) is 0 Å². The van der Waals surface area contributed by atoms with Crippen LogP contribution in [0.3, 0.4) is 0 Å². The molecule has 1 saturated heterocycles. The second kappa shape index (κ2) is 4.26. The molecule has 1 heterocycles. The molecule has 1 N–H and O–H groups in total. The minimum absolute atomic E-state index is 0.653. The fourth-order valence-electron chi connectivity index (χ4n) is 1.13. The Hall–Kier alpha value is -0.590. The first-order chi connectivity index (χ1) is 4.93. The van der Waals surface area contributed by atoms with Gasteiger partial charge in [-0.3, -0.25) is 4.90 Å². The second-order valence-corrected chi connectivity index (χ2v) is 2.47.